The Labute approximate surface area is 202 Å². The number of aryl methyl sites for hydroxylation is 2. The smallest absolute Gasteiger partial charge is 0.265 e. The van der Waals surface area contributed by atoms with E-state index in [4.69, 9.17) is 14.4 Å². The van der Waals surface area contributed by atoms with E-state index in [0.717, 1.165) is 27.3 Å². The molecule has 2 amide bonds. The number of amides is 2. The number of carbonyl (C=O) groups is 2. The van der Waals surface area contributed by atoms with Gasteiger partial charge in [-0.1, -0.05) is 39.0 Å². The summed E-state index contributed by atoms with van der Waals surface area (Å²) in [6.07, 6.45) is 1.56. The van der Waals surface area contributed by atoms with Gasteiger partial charge in [0.1, 0.15) is 23.0 Å². The molecule has 0 unspecified atom stereocenters. The van der Waals surface area contributed by atoms with Crippen molar-refractivity contribution in [2.24, 2.45) is 0 Å². The van der Waals surface area contributed by atoms with Gasteiger partial charge in [-0.25, -0.2) is 9.97 Å². The van der Waals surface area contributed by atoms with E-state index < -0.39 is 0 Å². The Kier molecular flexibility index (Phi) is 6.52. The lowest BCUT2D eigenvalue weighted by molar-refractivity contribution is -0.117. The summed E-state index contributed by atoms with van der Waals surface area (Å²) in [5.41, 5.74) is 2.15. The van der Waals surface area contributed by atoms with Gasteiger partial charge in [-0.05, 0) is 43.7 Å². The van der Waals surface area contributed by atoms with Gasteiger partial charge in [-0.15, -0.1) is 11.3 Å². The molecule has 0 aliphatic carbocycles. The van der Waals surface area contributed by atoms with Crippen LogP contribution in [-0.4, -0.2) is 33.2 Å². The fourth-order valence-corrected chi connectivity index (χ4v) is 4.91. The van der Waals surface area contributed by atoms with Crippen molar-refractivity contribution >= 4 is 39.1 Å². The van der Waals surface area contributed by atoms with Gasteiger partial charge < -0.3 is 14.6 Å². The molecular weight excluding hydrogens is 448 g/mol. The van der Waals surface area contributed by atoms with E-state index in [9.17, 15) is 9.59 Å². The van der Waals surface area contributed by atoms with Gasteiger partial charge in [0.2, 0.25) is 5.91 Å². The van der Waals surface area contributed by atoms with Gasteiger partial charge in [-0.3, -0.25) is 9.59 Å². The molecule has 34 heavy (non-hydrogen) atoms. The maximum absolute atomic E-state index is 13.7. The molecule has 4 aromatic rings. The number of nitrogens with zero attached hydrogens (tertiary/aromatic N) is 3. The summed E-state index contributed by atoms with van der Waals surface area (Å²) >= 11 is 1.34. The van der Waals surface area contributed by atoms with Gasteiger partial charge in [0.25, 0.3) is 5.91 Å². The number of carbonyl (C=O) groups excluding carboxylic acids is 2. The third-order valence-electron chi connectivity index (χ3n) is 5.44. The minimum absolute atomic E-state index is 0.111. The zero-order valence-corrected chi connectivity index (χ0v) is 20.8. The average molecular weight is 477 g/mol. The molecule has 0 saturated heterocycles. The molecule has 1 N–H and O–H groups in total. The number of anilines is 1. The van der Waals surface area contributed by atoms with Crippen LogP contribution in [0.3, 0.4) is 0 Å². The minimum atomic E-state index is -0.282. The summed E-state index contributed by atoms with van der Waals surface area (Å²) in [7, 11) is 0. The molecule has 0 aliphatic heterocycles. The number of hydrogen-bond donors (Lipinski definition) is 1. The van der Waals surface area contributed by atoms with Crippen molar-refractivity contribution < 1.29 is 14.0 Å². The molecule has 0 bridgehead atoms. The number of fused-ring (bicyclic) bond motifs is 1. The minimum Gasteiger partial charge on any atom is -0.467 e. The van der Waals surface area contributed by atoms with Crippen LogP contribution in [-0.2, 0) is 16.8 Å². The first-order valence-electron chi connectivity index (χ1n) is 11.1. The number of rotatable bonds is 6. The van der Waals surface area contributed by atoms with Crippen LogP contribution in [0.25, 0.3) is 10.2 Å². The Balaban J connectivity index is 1.67. The quantitative estimate of drug-likeness (QED) is 0.398. The second kappa shape index (κ2) is 9.38. The third kappa shape index (κ3) is 5.02. The molecule has 176 valence electrons. The Hall–Kier alpha value is -3.52. The first-order chi connectivity index (χ1) is 16.1. The van der Waals surface area contributed by atoms with Crippen molar-refractivity contribution in [1.29, 1.82) is 0 Å². The summed E-state index contributed by atoms with van der Waals surface area (Å²) in [6.45, 7) is 10.1. The Morgan fingerprint density at radius 3 is 2.44 bits per heavy atom. The van der Waals surface area contributed by atoms with Gasteiger partial charge in [0, 0.05) is 16.5 Å². The molecule has 0 aliphatic rings. The van der Waals surface area contributed by atoms with Crippen LogP contribution < -0.4 is 5.32 Å². The molecule has 0 atom stereocenters. The number of furan rings is 1. The second-order valence-corrected chi connectivity index (χ2v) is 10.3. The molecule has 0 radical (unpaired) electrons. The van der Waals surface area contributed by atoms with Crippen molar-refractivity contribution in [2.45, 2.75) is 46.6 Å². The van der Waals surface area contributed by atoms with Crippen LogP contribution >= 0.6 is 11.3 Å². The average Bonchev–Trinajstić information content (AvgIpc) is 3.40. The summed E-state index contributed by atoms with van der Waals surface area (Å²) < 4.78 is 5.47. The number of benzene rings is 1. The standard InChI is InChI=1S/C26H28N4O3S/c1-16-21-17(2)27-25(26(3,4)5)29-23(21)34-22(16)24(32)30(14-19-12-9-13-33-19)15-20(31)28-18-10-7-6-8-11-18/h6-13H,14-15H2,1-5H3,(H,28,31). The van der Waals surface area contributed by atoms with Crippen molar-refractivity contribution in [3.8, 4) is 0 Å². The first kappa shape index (κ1) is 23.6. The fourth-order valence-electron chi connectivity index (χ4n) is 3.71. The largest absolute Gasteiger partial charge is 0.467 e. The van der Waals surface area contributed by atoms with Crippen LogP contribution in [0.1, 0.15) is 53.3 Å². The number of aromatic nitrogens is 2. The van der Waals surface area contributed by atoms with E-state index in [0.29, 0.717) is 16.3 Å². The SMILES string of the molecule is Cc1nc(C(C)(C)C)nc2sc(C(=O)N(CC(=O)Nc3ccccc3)Cc3ccco3)c(C)c12. The van der Waals surface area contributed by atoms with E-state index in [2.05, 4.69) is 26.1 Å². The van der Waals surface area contributed by atoms with Crippen molar-refractivity contribution in [2.75, 3.05) is 11.9 Å². The lowest BCUT2D eigenvalue weighted by atomic mass is 9.95. The normalized spacial score (nSPS) is 11.6. The lowest BCUT2D eigenvalue weighted by Gasteiger charge is -2.21. The van der Waals surface area contributed by atoms with E-state index >= 15 is 0 Å². The van der Waals surface area contributed by atoms with Crippen LogP contribution in [0.5, 0.6) is 0 Å². The van der Waals surface area contributed by atoms with Crippen molar-refractivity contribution in [3.05, 3.63) is 76.4 Å². The molecular formula is C26H28N4O3S. The Morgan fingerprint density at radius 2 is 1.79 bits per heavy atom. The molecule has 8 heteroatoms. The Bertz CT molecular complexity index is 1320. The zero-order valence-electron chi connectivity index (χ0n) is 20.0. The van der Waals surface area contributed by atoms with Gasteiger partial charge in [-0.2, -0.15) is 0 Å². The van der Waals surface area contributed by atoms with E-state index in [1.165, 1.54) is 16.2 Å². The summed E-state index contributed by atoms with van der Waals surface area (Å²) in [6, 6.07) is 12.7. The highest BCUT2D eigenvalue weighted by Crippen LogP contribution is 2.34. The molecule has 4 rings (SSSR count). The van der Waals surface area contributed by atoms with E-state index in [1.54, 1.807) is 30.5 Å². The van der Waals surface area contributed by atoms with Crippen LogP contribution in [0.4, 0.5) is 5.69 Å². The highest BCUT2D eigenvalue weighted by atomic mass is 32.1. The highest BCUT2D eigenvalue weighted by molar-refractivity contribution is 7.20. The zero-order chi connectivity index (χ0) is 24.5. The van der Waals surface area contributed by atoms with Gasteiger partial charge in [0.05, 0.1) is 23.4 Å². The Morgan fingerprint density at radius 1 is 1.06 bits per heavy atom. The maximum atomic E-state index is 13.7. The van der Waals surface area contributed by atoms with Gasteiger partial charge >= 0.3 is 0 Å². The number of thiophene rings is 1. The molecule has 0 spiro atoms. The van der Waals surface area contributed by atoms with E-state index in [1.807, 2.05) is 32.0 Å². The van der Waals surface area contributed by atoms with E-state index in [-0.39, 0.29) is 30.3 Å². The third-order valence-corrected chi connectivity index (χ3v) is 6.62. The summed E-state index contributed by atoms with van der Waals surface area (Å²) in [5, 5.41) is 3.75. The molecule has 3 heterocycles. The van der Waals surface area contributed by atoms with Crippen LogP contribution in [0, 0.1) is 13.8 Å². The second-order valence-electron chi connectivity index (χ2n) is 9.27. The van der Waals surface area contributed by atoms with Gasteiger partial charge in [0.15, 0.2) is 0 Å². The molecule has 3 aromatic heterocycles. The predicted molar refractivity (Wildman–Crippen MR) is 134 cm³/mol. The lowest BCUT2D eigenvalue weighted by Crippen LogP contribution is -2.37. The van der Waals surface area contributed by atoms with Crippen LogP contribution in [0.2, 0.25) is 0 Å². The monoisotopic (exact) mass is 476 g/mol. The molecule has 0 fully saturated rings. The molecule has 7 nitrogen and oxygen atoms in total. The van der Waals surface area contributed by atoms with Crippen molar-refractivity contribution in [1.82, 2.24) is 14.9 Å². The highest BCUT2D eigenvalue weighted by Gasteiger charge is 2.27. The number of hydrogen-bond acceptors (Lipinski definition) is 6. The molecule has 1 aromatic carbocycles. The number of nitrogens with one attached hydrogen (secondary N) is 1. The molecule has 0 saturated carbocycles. The maximum Gasteiger partial charge on any atom is 0.265 e. The fraction of sp³-hybridized carbons (Fsp3) is 0.308. The summed E-state index contributed by atoms with van der Waals surface area (Å²) in [4.78, 5) is 38.8. The topological polar surface area (TPSA) is 88.3 Å². The van der Waals surface area contributed by atoms with Crippen LogP contribution in [0.15, 0.2) is 53.1 Å². The summed E-state index contributed by atoms with van der Waals surface area (Å²) in [5.74, 6) is 0.825. The first-order valence-corrected chi connectivity index (χ1v) is 11.9. The van der Waals surface area contributed by atoms with Crippen molar-refractivity contribution in [3.63, 3.8) is 0 Å². The number of para-hydroxylation sites is 1. The predicted octanol–water partition coefficient (Wildman–Crippen LogP) is 5.48.